The van der Waals surface area contributed by atoms with Crippen molar-refractivity contribution in [2.24, 2.45) is 5.73 Å². The molecule has 0 radical (unpaired) electrons. The van der Waals surface area contributed by atoms with Crippen LogP contribution >= 0.6 is 24.2 Å². The fraction of sp³-hybridized carbons (Fsp3) is 0.462. The lowest BCUT2D eigenvalue weighted by Gasteiger charge is -2.31. The van der Waals surface area contributed by atoms with Gasteiger partial charge in [-0.2, -0.15) is 0 Å². The smallest absolute Gasteiger partial charge is 0.244 e. The lowest BCUT2D eigenvalue weighted by atomic mass is 9.90. The van der Waals surface area contributed by atoms with Gasteiger partial charge in [-0.05, 0) is 43.4 Å². The SMILES string of the molecule is CSc1ccc(NC(=O)C2(N)CCOCC2)cc1.Cl. The number of anilines is 1. The Labute approximate surface area is 123 Å². The number of nitrogens with one attached hydrogen (secondary N) is 1. The maximum absolute atomic E-state index is 12.1. The molecule has 0 bridgehead atoms. The predicted octanol–water partition coefficient (Wildman–Crippen LogP) is 2.28. The van der Waals surface area contributed by atoms with Gasteiger partial charge >= 0.3 is 0 Å². The molecule has 0 aromatic heterocycles. The Hall–Kier alpha value is -0.750. The van der Waals surface area contributed by atoms with Crippen molar-refractivity contribution < 1.29 is 9.53 Å². The molecule has 106 valence electrons. The Balaban J connectivity index is 0.00000180. The van der Waals surface area contributed by atoms with Crippen LogP contribution in [-0.2, 0) is 9.53 Å². The molecule has 1 amide bonds. The molecule has 1 heterocycles. The summed E-state index contributed by atoms with van der Waals surface area (Å²) < 4.78 is 5.23. The van der Waals surface area contributed by atoms with Crippen LogP contribution in [0.3, 0.4) is 0 Å². The van der Waals surface area contributed by atoms with Crippen LogP contribution in [0.15, 0.2) is 29.2 Å². The van der Waals surface area contributed by atoms with Crippen LogP contribution in [-0.4, -0.2) is 30.9 Å². The predicted molar refractivity (Wildman–Crippen MR) is 81.1 cm³/mol. The number of hydrogen-bond acceptors (Lipinski definition) is 4. The standard InChI is InChI=1S/C13H18N2O2S.ClH/c1-18-11-4-2-10(3-5-11)15-12(16)13(14)6-8-17-9-7-13;/h2-5H,6-9,14H2,1H3,(H,15,16);1H. The third-order valence-corrected chi connectivity index (χ3v) is 3.93. The zero-order valence-electron chi connectivity index (χ0n) is 10.8. The van der Waals surface area contributed by atoms with Crippen LogP contribution in [0.5, 0.6) is 0 Å². The molecule has 1 saturated heterocycles. The first kappa shape index (κ1) is 16.3. The van der Waals surface area contributed by atoms with E-state index in [-0.39, 0.29) is 18.3 Å². The van der Waals surface area contributed by atoms with Crippen molar-refractivity contribution in [1.82, 2.24) is 0 Å². The van der Waals surface area contributed by atoms with Crippen LogP contribution in [0.25, 0.3) is 0 Å². The van der Waals surface area contributed by atoms with Crippen molar-refractivity contribution in [3.8, 4) is 0 Å². The van der Waals surface area contributed by atoms with Crippen LogP contribution in [0.2, 0.25) is 0 Å². The fourth-order valence-corrected chi connectivity index (χ4v) is 2.30. The van der Waals surface area contributed by atoms with Gasteiger partial charge in [-0.1, -0.05) is 0 Å². The van der Waals surface area contributed by atoms with Crippen LogP contribution in [0.1, 0.15) is 12.8 Å². The maximum atomic E-state index is 12.1. The van der Waals surface area contributed by atoms with Crippen molar-refractivity contribution in [1.29, 1.82) is 0 Å². The molecule has 1 aliphatic rings. The van der Waals surface area contributed by atoms with E-state index in [1.165, 1.54) is 4.90 Å². The van der Waals surface area contributed by atoms with Crippen LogP contribution < -0.4 is 11.1 Å². The molecule has 0 aliphatic carbocycles. The summed E-state index contributed by atoms with van der Waals surface area (Å²) in [5.74, 6) is -0.122. The van der Waals surface area contributed by atoms with Gasteiger partial charge in [0, 0.05) is 23.8 Å². The molecule has 19 heavy (non-hydrogen) atoms. The van der Waals surface area contributed by atoms with Gasteiger partial charge in [-0.25, -0.2) is 0 Å². The lowest BCUT2D eigenvalue weighted by molar-refractivity contribution is -0.124. The zero-order chi connectivity index (χ0) is 13.0. The summed E-state index contributed by atoms with van der Waals surface area (Å²) in [5.41, 5.74) is 6.10. The summed E-state index contributed by atoms with van der Waals surface area (Å²) in [7, 11) is 0. The highest BCUT2D eigenvalue weighted by molar-refractivity contribution is 7.98. The number of hydrogen-bond donors (Lipinski definition) is 2. The summed E-state index contributed by atoms with van der Waals surface area (Å²) in [6.45, 7) is 1.10. The molecule has 3 N–H and O–H groups in total. The third kappa shape index (κ3) is 4.11. The Morgan fingerprint density at radius 3 is 2.42 bits per heavy atom. The summed E-state index contributed by atoms with van der Waals surface area (Å²) in [6.07, 6.45) is 3.16. The van der Waals surface area contributed by atoms with Crippen molar-refractivity contribution in [2.45, 2.75) is 23.3 Å². The monoisotopic (exact) mass is 302 g/mol. The number of rotatable bonds is 3. The first-order chi connectivity index (χ1) is 8.64. The highest BCUT2D eigenvalue weighted by Gasteiger charge is 2.35. The zero-order valence-corrected chi connectivity index (χ0v) is 12.5. The third-order valence-electron chi connectivity index (χ3n) is 3.19. The molecule has 2 rings (SSSR count). The van der Waals surface area contributed by atoms with E-state index >= 15 is 0 Å². The van der Waals surface area contributed by atoms with E-state index in [0.717, 1.165) is 5.69 Å². The van der Waals surface area contributed by atoms with Gasteiger partial charge in [0.25, 0.3) is 0 Å². The van der Waals surface area contributed by atoms with Gasteiger partial charge in [-0.3, -0.25) is 4.79 Å². The number of thioether (sulfide) groups is 1. The average molecular weight is 303 g/mol. The molecule has 1 fully saturated rings. The largest absolute Gasteiger partial charge is 0.381 e. The summed E-state index contributed by atoms with van der Waals surface area (Å²) >= 11 is 1.67. The second kappa shape index (κ2) is 7.14. The van der Waals surface area contributed by atoms with Gasteiger partial charge in [0.1, 0.15) is 5.54 Å². The fourth-order valence-electron chi connectivity index (χ4n) is 1.89. The topological polar surface area (TPSA) is 64.4 Å². The minimum absolute atomic E-state index is 0. The molecule has 0 spiro atoms. The molecule has 0 atom stereocenters. The average Bonchev–Trinajstić information content (AvgIpc) is 2.40. The number of amides is 1. The number of benzene rings is 1. The summed E-state index contributed by atoms with van der Waals surface area (Å²) in [5, 5.41) is 2.87. The van der Waals surface area contributed by atoms with Crippen molar-refractivity contribution in [3.05, 3.63) is 24.3 Å². The van der Waals surface area contributed by atoms with Crippen molar-refractivity contribution in [2.75, 3.05) is 24.8 Å². The Morgan fingerprint density at radius 1 is 1.32 bits per heavy atom. The van der Waals surface area contributed by atoms with E-state index in [4.69, 9.17) is 10.5 Å². The van der Waals surface area contributed by atoms with E-state index in [2.05, 4.69) is 5.32 Å². The molecule has 6 heteroatoms. The Kier molecular flexibility index (Phi) is 6.13. The number of nitrogens with two attached hydrogens (primary N) is 1. The minimum atomic E-state index is -0.795. The molecule has 1 aromatic carbocycles. The number of ether oxygens (including phenoxy) is 1. The number of carbonyl (C=O) groups is 1. The first-order valence-corrected chi connectivity index (χ1v) is 7.19. The highest BCUT2D eigenvalue weighted by atomic mass is 35.5. The van der Waals surface area contributed by atoms with E-state index in [1.807, 2.05) is 30.5 Å². The Bertz CT molecular complexity index is 419. The number of carbonyl (C=O) groups excluding carboxylic acids is 1. The Morgan fingerprint density at radius 2 is 1.89 bits per heavy atom. The second-order valence-corrected chi connectivity index (χ2v) is 5.33. The lowest BCUT2D eigenvalue weighted by Crippen LogP contribution is -2.54. The minimum Gasteiger partial charge on any atom is -0.381 e. The molecule has 0 unspecified atom stereocenters. The maximum Gasteiger partial charge on any atom is 0.244 e. The number of halogens is 1. The molecule has 1 aliphatic heterocycles. The second-order valence-electron chi connectivity index (χ2n) is 4.45. The quantitative estimate of drug-likeness (QED) is 0.841. The summed E-state index contributed by atoms with van der Waals surface area (Å²) in [6, 6.07) is 7.75. The highest BCUT2D eigenvalue weighted by Crippen LogP contribution is 2.22. The first-order valence-electron chi connectivity index (χ1n) is 5.96. The molecular weight excluding hydrogens is 284 g/mol. The van der Waals surface area contributed by atoms with Gasteiger partial charge in [0.15, 0.2) is 0 Å². The van der Waals surface area contributed by atoms with E-state index in [9.17, 15) is 4.79 Å². The van der Waals surface area contributed by atoms with Gasteiger partial charge in [-0.15, -0.1) is 24.2 Å². The molecule has 0 saturated carbocycles. The van der Waals surface area contributed by atoms with E-state index in [0.29, 0.717) is 26.1 Å². The van der Waals surface area contributed by atoms with E-state index < -0.39 is 5.54 Å². The summed E-state index contributed by atoms with van der Waals surface area (Å²) in [4.78, 5) is 13.3. The molecular formula is C13H19ClN2O2S. The molecule has 1 aromatic rings. The van der Waals surface area contributed by atoms with Gasteiger partial charge in [0.2, 0.25) is 5.91 Å². The normalized spacial score (nSPS) is 17.4. The van der Waals surface area contributed by atoms with E-state index in [1.54, 1.807) is 11.8 Å². The van der Waals surface area contributed by atoms with Crippen molar-refractivity contribution in [3.63, 3.8) is 0 Å². The van der Waals surface area contributed by atoms with Gasteiger partial charge in [0.05, 0.1) is 0 Å². The van der Waals surface area contributed by atoms with Crippen LogP contribution in [0.4, 0.5) is 5.69 Å². The molecule has 4 nitrogen and oxygen atoms in total. The van der Waals surface area contributed by atoms with Crippen LogP contribution in [0, 0.1) is 0 Å². The van der Waals surface area contributed by atoms with Gasteiger partial charge < -0.3 is 15.8 Å². The van der Waals surface area contributed by atoms with Crippen molar-refractivity contribution >= 4 is 35.8 Å².